The van der Waals surface area contributed by atoms with Crippen molar-refractivity contribution in [2.24, 2.45) is 0 Å². The summed E-state index contributed by atoms with van der Waals surface area (Å²) in [6.45, 7) is 6.07. The Kier molecular flexibility index (Phi) is 6.63. The monoisotopic (exact) mass is 462 g/mol. The number of rotatable bonds is 6. The molecular weight excluding hydrogens is 440 g/mol. The molecule has 1 amide bonds. The van der Waals surface area contributed by atoms with Crippen LogP contribution in [0.25, 0.3) is 17.1 Å². The smallest absolute Gasteiger partial charge is 0.234 e. The summed E-state index contributed by atoms with van der Waals surface area (Å²) in [6, 6.07) is 21.6. The number of thioether (sulfide) groups is 1. The van der Waals surface area contributed by atoms with Crippen LogP contribution in [0.15, 0.2) is 71.9 Å². The van der Waals surface area contributed by atoms with Crippen LogP contribution in [0, 0.1) is 20.8 Å². The minimum absolute atomic E-state index is 0.0912. The first-order valence-corrected chi connectivity index (χ1v) is 11.5. The molecule has 0 fully saturated rings. The Labute approximate surface area is 196 Å². The fourth-order valence-electron chi connectivity index (χ4n) is 3.45. The lowest BCUT2D eigenvalue weighted by atomic mass is 10.1. The van der Waals surface area contributed by atoms with Gasteiger partial charge in [-0.05, 0) is 80.4 Å². The highest BCUT2D eigenvalue weighted by Gasteiger charge is 2.17. The summed E-state index contributed by atoms with van der Waals surface area (Å²) in [5, 5.41) is 13.1. The quantitative estimate of drug-likeness (QED) is 0.344. The molecule has 0 bridgehead atoms. The molecule has 1 N–H and O–H groups in total. The third kappa shape index (κ3) is 5.21. The predicted octanol–water partition coefficient (Wildman–Crippen LogP) is 6.24. The van der Waals surface area contributed by atoms with Crippen LogP contribution in [0.1, 0.15) is 16.7 Å². The number of anilines is 1. The minimum Gasteiger partial charge on any atom is -0.325 e. The van der Waals surface area contributed by atoms with Crippen LogP contribution in [0.5, 0.6) is 0 Å². The van der Waals surface area contributed by atoms with Crippen molar-refractivity contribution in [2.75, 3.05) is 11.1 Å². The van der Waals surface area contributed by atoms with Crippen molar-refractivity contribution in [1.82, 2.24) is 14.8 Å². The Balaban J connectivity index is 1.59. The molecule has 0 atom stereocenters. The average molecular weight is 463 g/mol. The van der Waals surface area contributed by atoms with Gasteiger partial charge in [-0.1, -0.05) is 47.1 Å². The Morgan fingerprint density at radius 1 is 0.906 bits per heavy atom. The zero-order valence-corrected chi connectivity index (χ0v) is 19.7. The second-order valence-electron chi connectivity index (χ2n) is 7.70. The van der Waals surface area contributed by atoms with E-state index in [4.69, 9.17) is 11.6 Å². The van der Waals surface area contributed by atoms with E-state index in [1.54, 1.807) is 0 Å². The van der Waals surface area contributed by atoms with Gasteiger partial charge in [-0.25, -0.2) is 0 Å². The first-order chi connectivity index (χ1) is 15.4. The van der Waals surface area contributed by atoms with Crippen LogP contribution in [-0.4, -0.2) is 26.4 Å². The van der Waals surface area contributed by atoms with E-state index in [0.717, 1.165) is 33.6 Å². The Hall–Kier alpha value is -3.09. The summed E-state index contributed by atoms with van der Waals surface area (Å²) in [7, 11) is 0. The highest BCUT2D eigenvalue weighted by atomic mass is 35.5. The molecule has 162 valence electrons. The normalized spacial score (nSPS) is 10.9. The molecule has 3 aromatic carbocycles. The first kappa shape index (κ1) is 22.1. The number of halogens is 1. The molecule has 0 unspecified atom stereocenters. The van der Waals surface area contributed by atoms with E-state index < -0.39 is 0 Å². The van der Waals surface area contributed by atoms with Gasteiger partial charge in [0.25, 0.3) is 0 Å². The van der Waals surface area contributed by atoms with E-state index in [1.807, 2.05) is 86.0 Å². The Morgan fingerprint density at radius 2 is 1.56 bits per heavy atom. The van der Waals surface area contributed by atoms with Gasteiger partial charge in [-0.2, -0.15) is 0 Å². The van der Waals surface area contributed by atoms with Crippen LogP contribution in [-0.2, 0) is 4.79 Å². The Bertz CT molecular complexity index is 1230. The number of hydrogen-bond acceptors (Lipinski definition) is 4. The van der Waals surface area contributed by atoms with E-state index in [1.165, 1.54) is 11.8 Å². The summed E-state index contributed by atoms with van der Waals surface area (Å²) >= 11 is 7.41. The van der Waals surface area contributed by atoms with Gasteiger partial charge in [0.2, 0.25) is 5.91 Å². The summed E-state index contributed by atoms with van der Waals surface area (Å²) in [4.78, 5) is 12.6. The number of hydrogen-bond donors (Lipinski definition) is 1. The second-order valence-corrected chi connectivity index (χ2v) is 9.08. The topological polar surface area (TPSA) is 59.8 Å². The minimum atomic E-state index is -0.0912. The molecule has 1 aromatic heterocycles. The van der Waals surface area contributed by atoms with E-state index >= 15 is 0 Å². The second kappa shape index (κ2) is 9.59. The number of aromatic nitrogens is 3. The van der Waals surface area contributed by atoms with Crippen LogP contribution in [0.3, 0.4) is 0 Å². The van der Waals surface area contributed by atoms with Crippen molar-refractivity contribution in [3.8, 4) is 17.1 Å². The molecule has 0 aliphatic carbocycles. The van der Waals surface area contributed by atoms with Gasteiger partial charge in [0.05, 0.1) is 5.75 Å². The lowest BCUT2D eigenvalue weighted by Crippen LogP contribution is -2.14. The molecule has 32 heavy (non-hydrogen) atoms. The molecule has 7 heteroatoms. The molecule has 1 heterocycles. The molecule has 4 aromatic rings. The van der Waals surface area contributed by atoms with Crippen molar-refractivity contribution in [3.05, 3.63) is 88.4 Å². The van der Waals surface area contributed by atoms with E-state index in [0.29, 0.717) is 16.0 Å². The molecule has 0 aliphatic heterocycles. The van der Waals surface area contributed by atoms with Crippen LogP contribution >= 0.6 is 23.4 Å². The molecule has 0 radical (unpaired) electrons. The number of nitrogens with one attached hydrogen (secondary N) is 1. The fourth-order valence-corrected chi connectivity index (χ4v) is 4.33. The zero-order valence-electron chi connectivity index (χ0n) is 18.1. The van der Waals surface area contributed by atoms with Gasteiger partial charge in [0, 0.05) is 22.0 Å². The summed E-state index contributed by atoms with van der Waals surface area (Å²) in [5.41, 5.74) is 6.02. The Morgan fingerprint density at radius 3 is 2.22 bits per heavy atom. The summed E-state index contributed by atoms with van der Waals surface area (Å²) in [6.07, 6.45) is 0. The van der Waals surface area contributed by atoms with Crippen molar-refractivity contribution in [2.45, 2.75) is 25.9 Å². The highest BCUT2D eigenvalue weighted by molar-refractivity contribution is 7.99. The third-order valence-electron chi connectivity index (χ3n) is 4.87. The maximum Gasteiger partial charge on any atom is 0.234 e. The van der Waals surface area contributed by atoms with Crippen molar-refractivity contribution >= 4 is 35.0 Å². The molecule has 0 saturated heterocycles. The van der Waals surface area contributed by atoms with Gasteiger partial charge < -0.3 is 5.32 Å². The van der Waals surface area contributed by atoms with Crippen molar-refractivity contribution < 1.29 is 4.79 Å². The summed E-state index contributed by atoms with van der Waals surface area (Å²) in [5.74, 6) is 0.826. The van der Waals surface area contributed by atoms with Gasteiger partial charge in [0.1, 0.15) is 0 Å². The number of carbonyl (C=O) groups is 1. The van der Waals surface area contributed by atoms with E-state index in [-0.39, 0.29) is 11.7 Å². The zero-order chi connectivity index (χ0) is 22.7. The van der Waals surface area contributed by atoms with Gasteiger partial charge >= 0.3 is 0 Å². The SMILES string of the molecule is Cc1ccc(-n2c(SCC(=O)Nc3cc(C)cc(C)c3)nnc2-c2ccc(Cl)cc2)cc1. The van der Waals surface area contributed by atoms with Crippen molar-refractivity contribution in [1.29, 1.82) is 0 Å². The van der Waals surface area contributed by atoms with E-state index in [9.17, 15) is 4.79 Å². The third-order valence-corrected chi connectivity index (χ3v) is 6.05. The lowest BCUT2D eigenvalue weighted by molar-refractivity contribution is -0.113. The molecule has 0 aliphatic rings. The average Bonchev–Trinajstić information content (AvgIpc) is 3.16. The number of carbonyl (C=O) groups excluding carboxylic acids is 1. The molecule has 4 rings (SSSR count). The van der Waals surface area contributed by atoms with Crippen LogP contribution in [0.4, 0.5) is 5.69 Å². The predicted molar refractivity (Wildman–Crippen MR) is 132 cm³/mol. The number of amides is 1. The van der Waals surface area contributed by atoms with Gasteiger partial charge in [-0.3, -0.25) is 9.36 Å². The largest absolute Gasteiger partial charge is 0.325 e. The standard InChI is InChI=1S/C25H23ClN4OS/c1-16-4-10-22(11-5-16)30-24(19-6-8-20(26)9-7-19)28-29-25(30)32-15-23(31)27-21-13-17(2)12-18(3)14-21/h4-14H,15H2,1-3H3,(H,27,31). The lowest BCUT2D eigenvalue weighted by Gasteiger charge is -2.11. The fraction of sp³-hybridized carbons (Fsp3) is 0.160. The maximum absolute atomic E-state index is 12.6. The number of benzene rings is 3. The summed E-state index contributed by atoms with van der Waals surface area (Å²) < 4.78 is 1.97. The highest BCUT2D eigenvalue weighted by Crippen LogP contribution is 2.29. The van der Waals surface area contributed by atoms with Crippen LogP contribution < -0.4 is 5.32 Å². The van der Waals surface area contributed by atoms with E-state index in [2.05, 4.69) is 21.6 Å². The molecule has 0 spiro atoms. The molecule has 5 nitrogen and oxygen atoms in total. The number of nitrogens with zero attached hydrogens (tertiary/aromatic N) is 3. The number of aryl methyl sites for hydroxylation is 3. The van der Waals surface area contributed by atoms with Gasteiger partial charge in [-0.15, -0.1) is 10.2 Å². The molecular formula is C25H23ClN4OS. The van der Waals surface area contributed by atoms with Crippen molar-refractivity contribution in [3.63, 3.8) is 0 Å². The first-order valence-electron chi connectivity index (χ1n) is 10.2. The van der Waals surface area contributed by atoms with Gasteiger partial charge in [0.15, 0.2) is 11.0 Å². The van der Waals surface area contributed by atoms with Crippen LogP contribution in [0.2, 0.25) is 5.02 Å². The maximum atomic E-state index is 12.6. The molecule has 0 saturated carbocycles.